The molecule has 0 N–H and O–H groups in total. The first-order valence-corrected chi connectivity index (χ1v) is 13.1. The van der Waals surface area contributed by atoms with E-state index in [4.69, 9.17) is 0 Å². The van der Waals surface area contributed by atoms with Gasteiger partial charge >= 0.3 is 0 Å². The molecule has 172 valence electrons. The van der Waals surface area contributed by atoms with E-state index in [-0.39, 0.29) is 0 Å². The lowest BCUT2D eigenvalue weighted by Gasteiger charge is -2.22. The summed E-state index contributed by atoms with van der Waals surface area (Å²) in [6.45, 7) is 18.2. The van der Waals surface area contributed by atoms with Gasteiger partial charge in [0.2, 0.25) is 0 Å². The molecule has 4 atom stereocenters. The highest BCUT2D eigenvalue weighted by molar-refractivity contribution is 5.80. The second kappa shape index (κ2) is 8.79. The summed E-state index contributed by atoms with van der Waals surface area (Å²) in [5.41, 5.74) is 14.7. The third kappa shape index (κ3) is 4.18. The number of hydrogen-bond acceptors (Lipinski definition) is 0. The van der Waals surface area contributed by atoms with Crippen LogP contribution < -0.4 is 0 Å². The van der Waals surface area contributed by atoms with E-state index in [0.29, 0.717) is 11.8 Å². The molecular weight excluding hydrogens is 396 g/mol. The number of hydrogen-bond donors (Lipinski definition) is 0. The molecule has 33 heavy (non-hydrogen) atoms. The fraction of sp³-hybridized carbons (Fsp3) is 0.455. The van der Waals surface area contributed by atoms with Crippen molar-refractivity contribution in [2.45, 2.75) is 72.6 Å². The highest BCUT2D eigenvalue weighted by Crippen LogP contribution is 2.45. The quantitative estimate of drug-likeness (QED) is 0.410. The average Bonchev–Trinajstić information content (AvgIpc) is 3.43. The highest BCUT2D eigenvalue weighted by atomic mass is 14.4. The van der Waals surface area contributed by atoms with Crippen molar-refractivity contribution in [3.63, 3.8) is 0 Å². The number of allylic oxidation sites excluding steroid dienone is 3. The van der Waals surface area contributed by atoms with Crippen LogP contribution in [-0.2, 0) is 12.8 Å². The molecule has 2 aromatic carbocycles. The minimum absolute atomic E-state index is 0.463. The standard InChI is InChI=1S/C33H40/c1-20-13-23(4)31(19-27-10-7-9-21(27)2)33(14-20)29-12-8-11-28-16-26(18-32(28)29)17-30-24(5)15-22(3)25(30)6/h8,11-14,16,21-22,27,30H,5-7,9-10,15,17-19H2,1-4H3/t21-,22?,27-,30?/m0/s1. The van der Waals surface area contributed by atoms with E-state index < -0.39 is 0 Å². The van der Waals surface area contributed by atoms with Crippen LogP contribution in [0.2, 0.25) is 0 Å². The molecular formula is C33H40. The van der Waals surface area contributed by atoms with Gasteiger partial charge in [0.15, 0.2) is 0 Å². The van der Waals surface area contributed by atoms with E-state index in [9.17, 15) is 0 Å². The van der Waals surface area contributed by atoms with Crippen molar-refractivity contribution in [2.75, 3.05) is 0 Å². The first-order chi connectivity index (χ1) is 15.8. The molecule has 2 unspecified atom stereocenters. The summed E-state index contributed by atoms with van der Waals surface area (Å²) >= 11 is 0. The van der Waals surface area contributed by atoms with Crippen molar-refractivity contribution < 1.29 is 0 Å². The van der Waals surface area contributed by atoms with Crippen LogP contribution in [0.1, 0.15) is 73.8 Å². The summed E-state index contributed by atoms with van der Waals surface area (Å²) in [6, 6.07) is 11.8. The van der Waals surface area contributed by atoms with E-state index in [2.05, 4.69) is 77.3 Å². The molecule has 2 saturated carbocycles. The first-order valence-electron chi connectivity index (χ1n) is 13.1. The summed E-state index contributed by atoms with van der Waals surface area (Å²) in [5, 5.41) is 0. The molecule has 0 nitrogen and oxygen atoms in total. The van der Waals surface area contributed by atoms with Gasteiger partial charge in [-0.2, -0.15) is 0 Å². The zero-order valence-electron chi connectivity index (χ0n) is 21.1. The number of aryl methyl sites for hydroxylation is 2. The smallest absolute Gasteiger partial charge is 0.00419 e. The third-order valence-electron chi connectivity index (χ3n) is 9.00. The van der Waals surface area contributed by atoms with E-state index >= 15 is 0 Å². The average molecular weight is 437 g/mol. The predicted octanol–water partition coefficient (Wildman–Crippen LogP) is 9.05. The van der Waals surface area contributed by atoms with Crippen molar-refractivity contribution in [2.24, 2.45) is 23.7 Å². The Balaban J connectivity index is 1.47. The third-order valence-corrected chi connectivity index (χ3v) is 9.00. The molecule has 0 radical (unpaired) electrons. The van der Waals surface area contributed by atoms with Gasteiger partial charge in [-0.05, 0) is 97.1 Å². The van der Waals surface area contributed by atoms with Crippen LogP contribution in [-0.4, -0.2) is 0 Å². The second-order valence-corrected chi connectivity index (χ2v) is 11.4. The van der Waals surface area contributed by atoms with Crippen LogP contribution in [0.5, 0.6) is 0 Å². The van der Waals surface area contributed by atoms with Gasteiger partial charge in [-0.15, -0.1) is 0 Å². The van der Waals surface area contributed by atoms with Crippen molar-refractivity contribution in [3.8, 4) is 11.1 Å². The molecule has 5 rings (SSSR count). The summed E-state index contributed by atoms with van der Waals surface area (Å²) < 4.78 is 0. The lowest BCUT2D eigenvalue weighted by molar-refractivity contribution is 0.417. The fourth-order valence-electron chi connectivity index (χ4n) is 6.92. The summed E-state index contributed by atoms with van der Waals surface area (Å²) in [6.07, 6.45) is 11.2. The molecule has 2 fully saturated rings. The topological polar surface area (TPSA) is 0 Å². The molecule has 0 heteroatoms. The molecule has 3 aliphatic rings. The molecule has 0 amide bonds. The first kappa shape index (κ1) is 22.5. The molecule has 0 aliphatic heterocycles. The largest absolute Gasteiger partial charge is 0.0992 e. The summed E-state index contributed by atoms with van der Waals surface area (Å²) in [5.74, 6) is 2.73. The van der Waals surface area contributed by atoms with Crippen LogP contribution >= 0.6 is 0 Å². The SMILES string of the molecule is C=C1CC(C)C(=C)C1CC1=Cc2cccc(-c3cc(C)cc(C)c3C[C@@H]3CCC[C@@H]3C)c2C1. The Morgan fingerprint density at radius 2 is 1.79 bits per heavy atom. The maximum Gasteiger partial charge on any atom is 0.00419 e. The van der Waals surface area contributed by atoms with Gasteiger partial charge in [0.1, 0.15) is 0 Å². The molecule has 0 aromatic heterocycles. The van der Waals surface area contributed by atoms with Gasteiger partial charge in [-0.25, -0.2) is 0 Å². The van der Waals surface area contributed by atoms with Gasteiger partial charge < -0.3 is 0 Å². The van der Waals surface area contributed by atoms with Crippen LogP contribution in [0.15, 0.2) is 60.2 Å². The Hall–Kier alpha value is -2.34. The number of fused-ring (bicyclic) bond motifs is 1. The van der Waals surface area contributed by atoms with Crippen LogP contribution in [0.4, 0.5) is 0 Å². The van der Waals surface area contributed by atoms with Crippen LogP contribution in [0, 0.1) is 37.5 Å². The number of benzene rings is 2. The zero-order chi connectivity index (χ0) is 23.3. The van der Waals surface area contributed by atoms with Crippen molar-refractivity contribution in [1.29, 1.82) is 0 Å². The number of rotatable bonds is 5. The molecule has 0 bridgehead atoms. The molecule has 0 heterocycles. The Labute approximate surface area is 201 Å². The molecule has 2 aromatic rings. The predicted molar refractivity (Wildman–Crippen MR) is 143 cm³/mol. The Kier molecular flexibility index (Phi) is 5.98. The summed E-state index contributed by atoms with van der Waals surface area (Å²) in [4.78, 5) is 0. The molecule has 0 saturated heterocycles. The van der Waals surface area contributed by atoms with Crippen molar-refractivity contribution >= 4 is 6.08 Å². The lowest BCUT2D eigenvalue weighted by Crippen LogP contribution is -2.10. The van der Waals surface area contributed by atoms with Gasteiger partial charge in [-0.3, -0.25) is 0 Å². The fourth-order valence-corrected chi connectivity index (χ4v) is 6.92. The zero-order valence-corrected chi connectivity index (χ0v) is 21.1. The van der Waals surface area contributed by atoms with Crippen LogP contribution in [0.3, 0.4) is 0 Å². The Morgan fingerprint density at radius 3 is 2.48 bits per heavy atom. The maximum atomic E-state index is 4.42. The normalized spacial score (nSPS) is 26.7. The molecule has 0 spiro atoms. The monoisotopic (exact) mass is 436 g/mol. The van der Waals surface area contributed by atoms with Crippen molar-refractivity contribution in [3.05, 3.63) is 88.0 Å². The van der Waals surface area contributed by atoms with E-state index in [0.717, 1.165) is 31.1 Å². The van der Waals surface area contributed by atoms with Crippen molar-refractivity contribution in [1.82, 2.24) is 0 Å². The summed E-state index contributed by atoms with van der Waals surface area (Å²) in [7, 11) is 0. The maximum absolute atomic E-state index is 4.42. The highest BCUT2D eigenvalue weighted by Gasteiger charge is 2.31. The van der Waals surface area contributed by atoms with Gasteiger partial charge in [0.25, 0.3) is 0 Å². The molecule has 3 aliphatic carbocycles. The Bertz CT molecular complexity index is 1140. The van der Waals surface area contributed by atoms with Gasteiger partial charge in [0, 0.05) is 5.92 Å². The van der Waals surface area contributed by atoms with Gasteiger partial charge in [0.05, 0.1) is 0 Å². The van der Waals surface area contributed by atoms with E-state index in [1.165, 1.54) is 70.2 Å². The van der Waals surface area contributed by atoms with Gasteiger partial charge in [-0.1, -0.05) is 98.5 Å². The van der Waals surface area contributed by atoms with Crippen LogP contribution in [0.25, 0.3) is 17.2 Å². The van der Waals surface area contributed by atoms with E-state index in [1.807, 2.05) is 0 Å². The lowest BCUT2D eigenvalue weighted by atomic mass is 9.83. The minimum atomic E-state index is 0.463. The minimum Gasteiger partial charge on any atom is -0.0992 e. The Morgan fingerprint density at radius 1 is 0.970 bits per heavy atom. The van der Waals surface area contributed by atoms with E-state index in [1.54, 1.807) is 11.1 Å². The second-order valence-electron chi connectivity index (χ2n) is 11.4.